The number of hydrogen-bond donors (Lipinski definition) is 1. The maximum atomic E-state index is 13.3. The molecule has 8 nitrogen and oxygen atoms in total. The third-order valence-electron chi connectivity index (χ3n) is 7.90. The highest BCUT2D eigenvalue weighted by Gasteiger charge is 2.35. The minimum atomic E-state index is -4.54. The van der Waals surface area contributed by atoms with Crippen LogP contribution in [0.4, 0.5) is 13.2 Å². The summed E-state index contributed by atoms with van der Waals surface area (Å²) in [5.41, 5.74) is 1.30. The Labute approximate surface area is 246 Å². The van der Waals surface area contributed by atoms with E-state index in [1.807, 2.05) is 12.1 Å². The molecule has 11 heteroatoms. The summed E-state index contributed by atoms with van der Waals surface area (Å²) in [6.07, 6.45) is 0.381. The second-order valence-electron chi connectivity index (χ2n) is 11.6. The van der Waals surface area contributed by atoms with Crippen LogP contribution in [-0.2, 0) is 28.7 Å². The Bertz CT molecular complexity index is 1240. The van der Waals surface area contributed by atoms with Gasteiger partial charge in [-0.25, -0.2) is 9.97 Å². The van der Waals surface area contributed by atoms with Gasteiger partial charge in [-0.05, 0) is 77.0 Å². The Hall–Kier alpha value is -3.21. The van der Waals surface area contributed by atoms with E-state index in [1.54, 1.807) is 4.90 Å². The van der Waals surface area contributed by atoms with Crippen molar-refractivity contribution in [2.45, 2.75) is 90.4 Å². The predicted octanol–water partition coefficient (Wildman–Crippen LogP) is 5.03. The monoisotopic (exact) mass is 589 g/mol. The van der Waals surface area contributed by atoms with Crippen LogP contribution < -0.4 is 10.1 Å². The van der Waals surface area contributed by atoms with Gasteiger partial charge in [0.05, 0.1) is 13.2 Å². The number of carbonyl (C=O) groups is 2. The van der Waals surface area contributed by atoms with Gasteiger partial charge in [0.2, 0.25) is 11.8 Å². The highest BCUT2D eigenvalue weighted by atomic mass is 19.4. The van der Waals surface area contributed by atoms with Gasteiger partial charge >= 0.3 is 6.18 Å². The number of halogens is 3. The molecule has 2 aliphatic heterocycles. The Morgan fingerprint density at radius 3 is 2.69 bits per heavy atom. The number of rotatable bonds is 5. The van der Waals surface area contributed by atoms with Crippen molar-refractivity contribution in [1.82, 2.24) is 25.1 Å². The van der Waals surface area contributed by atoms with Crippen molar-refractivity contribution >= 4 is 11.8 Å². The highest BCUT2D eigenvalue weighted by Crippen LogP contribution is 2.31. The van der Waals surface area contributed by atoms with Gasteiger partial charge in [0, 0.05) is 55.8 Å². The fourth-order valence-corrected chi connectivity index (χ4v) is 5.49. The van der Waals surface area contributed by atoms with E-state index in [2.05, 4.69) is 40.1 Å². The Morgan fingerprint density at radius 1 is 1.12 bits per heavy atom. The average Bonchev–Trinajstić information content (AvgIpc) is 2.96. The lowest BCUT2D eigenvalue weighted by Crippen LogP contribution is -2.40. The molecule has 1 aromatic heterocycles. The molecule has 0 saturated carbocycles. The maximum absolute atomic E-state index is 13.3. The Balaban J connectivity index is 1.43. The molecule has 0 bridgehead atoms. The van der Waals surface area contributed by atoms with Crippen LogP contribution in [0.25, 0.3) is 0 Å². The average molecular weight is 590 g/mol. The summed E-state index contributed by atoms with van der Waals surface area (Å²) in [5, 5.41) is 3.01. The van der Waals surface area contributed by atoms with Crippen molar-refractivity contribution < 1.29 is 27.5 Å². The number of carbonyl (C=O) groups excluding carboxylic acids is 2. The van der Waals surface area contributed by atoms with Gasteiger partial charge in [-0.1, -0.05) is 12.1 Å². The summed E-state index contributed by atoms with van der Waals surface area (Å²) in [4.78, 5) is 37.7. The second kappa shape index (κ2) is 14.3. The SMILES string of the molecule is Cc1cc(C(F)(F)F)nc(C2CCCN(C(=O)CCc3ccc4c(c3)CN(C(C)C)CC(=O)NCCCCCO4)C2)n1. The third-order valence-corrected chi connectivity index (χ3v) is 7.90. The van der Waals surface area contributed by atoms with Crippen LogP contribution in [0.2, 0.25) is 0 Å². The number of nitrogens with zero attached hydrogens (tertiary/aromatic N) is 4. The molecule has 3 heterocycles. The van der Waals surface area contributed by atoms with E-state index < -0.39 is 11.9 Å². The number of amides is 2. The number of aryl methyl sites for hydroxylation is 2. The summed E-state index contributed by atoms with van der Waals surface area (Å²) < 4.78 is 46.1. The number of hydrogen-bond acceptors (Lipinski definition) is 6. The molecular formula is C31H42F3N5O3. The topological polar surface area (TPSA) is 87.7 Å². The van der Waals surface area contributed by atoms with E-state index in [4.69, 9.17) is 4.74 Å². The summed E-state index contributed by atoms with van der Waals surface area (Å²) >= 11 is 0. The molecule has 0 spiro atoms. The number of alkyl halides is 3. The van der Waals surface area contributed by atoms with E-state index in [-0.39, 0.29) is 41.7 Å². The van der Waals surface area contributed by atoms with Crippen molar-refractivity contribution in [3.8, 4) is 5.75 Å². The molecule has 2 aromatic rings. The molecule has 1 N–H and O–H groups in total. The van der Waals surface area contributed by atoms with E-state index >= 15 is 0 Å². The minimum absolute atomic E-state index is 0.0118. The molecule has 0 radical (unpaired) electrons. The first-order valence-electron chi connectivity index (χ1n) is 15.0. The number of piperidine rings is 1. The zero-order chi connectivity index (χ0) is 30.3. The first kappa shape index (κ1) is 31.7. The Morgan fingerprint density at radius 2 is 1.93 bits per heavy atom. The van der Waals surface area contributed by atoms with Crippen LogP contribution in [0.5, 0.6) is 5.75 Å². The van der Waals surface area contributed by atoms with E-state index in [0.717, 1.165) is 42.2 Å². The number of fused-ring (bicyclic) bond motifs is 1. The van der Waals surface area contributed by atoms with Crippen molar-refractivity contribution in [2.75, 3.05) is 32.8 Å². The predicted molar refractivity (Wildman–Crippen MR) is 153 cm³/mol. The van der Waals surface area contributed by atoms with Crippen LogP contribution in [-0.4, -0.2) is 70.4 Å². The standard InChI is InChI=1S/C31H42F3N5O3/c1-21(2)39-19-25-17-23(9-11-26(25)42-15-6-4-5-13-35-28(40)20-39)10-12-29(41)38-14-7-8-24(18-38)30-36-22(3)16-27(37-30)31(32,33)34/h9,11,16-17,21,24H,4-8,10,12-15,18-20H2,1-3H3,(H,35,40). The smallest absolute Gasteiger partial charge is 0.433 e. The van der Waals surface area contributed by atoms with Gasteiger partial charge in [-0.2, -0.15) is 13.2 Å². The van der Waals surface area contributed by atoms with Gasteiger partial charge in [-0.3, -0.25) is 14.5 Å². The van der Waals surface area contributed by atoms with Gasteiger partial charge in [0.15, 0.2) is 0 Å². The van der Waals surface area contributed by atoms with Gasteiger partial charge < -0.3 is 15.0 Å². The maximum Gasteiger partial charge on any atom is 0.433 e. The lowest BCUT2D eigenvalue weighted by Gasteiger charge is -2.32. The first-order chi connectivity index (χ1) is 20.0. The quantitative estimate of drug-likeness (QED) is 0.527. The largest absolute Gasteiger partial charge is 0.493 e. The molecular weight excluding hydrogens is 547 g/mol. The number of benzene rings is 1. The molecule has 1 unspecified atom stereocenters. The van der Waals surface area contributed by atoms with Crippen LogP contribution in [0.1, 0.15) is 86.6 Å². The second-order valence-corrected chi connectivity index (χ2v) is 11.6. The number of nitrogens with one attached hydrogen (secondary N) is 1. The molecule has 230 valence electrons. The molecule has 1 saturated heterocycles. The van der Waals surface area contributed by atoms with Gasteiger partial charge in [-0.15, -0.1) is 0 Å². The van der Waals surface area contributed by atoms with Crippen LogP contribution in [0, 0.1) is 6.92 Å². The summed E-state index contributed by atoms with van der Waals surface area (Å²) in [5.74, 6) is 0.591. The molecule has 4 rings (SSSR count). The number of ether oxygens (including phenoxy) is 1. The van der Waals surface area contributed by atoms with Crippen molar-refractivity contribution in [2.24, 2.45) is 0 Å². The van der Waals surface area contributed by atoms with Crippen molar-refractivity contribution in [3.05, 3.63) is 52.6 Å². The lowest BCUT2D eigenvalue weighted by atomic mass is 9.96. The van der Waals surface area contributed by atoms with Crippen LogP contribution in [0.3, 0.4) is 0 Å². The zero-order valence-corrected chi connectivity index (χ0v) is 24.8. The lowest BCUT2D eigenvalue weighted by molar-refractivity contribution is -0.141. The zero-order valence-electron chi connectivity index (χ0n) is 24.8. The van der Waals surface area contributed by atoms with E-state index in [9.17, 15) is 22.8 Å². The highest BCUT2D eigenvalue weighted by molar-refractivity contribution is 5.78. The molecule has 42 heavy (non-hydrogen) atoms. The summed E-state index contributed by atoms with van der Waals surface area (Å²) in [6, 6.07) is 7.10. The normalized spacial score (nSPS) is 19.6. The number of likely N-dealkylation sites (tertiary alicyclic amines) is 1. The summed E-state index contributed by atoms with van der Waals surface area (Å²) in [7, 11) is 0. The molecule has 1 atom stereocenters. The molecule has 2 aliphatic rings. The third kappa shape index (κ3) is 8.89. The molecule has 0 aliphatic carbocycles. The fourth-order valence-electron chi connectivity index (χ4n) is 5.49. The van der Waals surface area contributed by atoms with E-state index in [1.165, 1.54) is 6.92 Å². The minimum Gasteiger partial charge on any atom is -0.493 e. The summed E-state index contributed by atoms with van der Waals surface area (Å²) in [6.45, 7) is 8.64. The van der Waals surface area contributed by atoms with Gasteiger partial charge in [0.1, 0.15) is 17.3 Å². The van der Waals surface area contributed by atoms with Gasteiger partial charge in [0.25, 0.3) is 0 Å². The van der Waals surface area contributed by atoms with Crippen LogP contribution >= 0.6 is 0 Å². The molecule has 1 aromatic carbocycles. The fraction of sp³-hybridized carbons (Fsp3) is 0.613. The van der Waals surface area contributed by atoms with Crippen molar-refractivity contribution in [1.29, 1.82) is 0 Å². The molecule has 1 fully saturated rings. The Kier molecular flexibility index (Phi) is 10.8. The molecule has 2 amide bonds. The van der Waals surface area contributed by atoms with Crippen molar-refractivity contribution in [3.63, 3.8) is 0 Å². The van der Waals surface area contributed by atoms with E-state index in [0.29, 0.717) is 58.6 Å². The number of aromatic nitrogens is 2. The first-order valence-corrected chi connectivity index (χ1v) is 15.0. The van der Waals surface area contributed by atoms with Crippen LogP contribution in [0.15, 0.2) is 24.3 Å².